The number of esters is 1. The van der Waals surface area contributed by atoms with Crippen LogP contribution >= 0.6 is 0 Å². The molecule has 4 rings (SSSR count). The second-order valence-electron chi connectivity index (χ2n) is 7.69. The highest BCUT2D eigenvalue weighted by atomic mass is 16.7. The number of methoxy groups -OCH3 is 1. The predicted molar refractivity (Wildman–Crippen MR) is 115 cm³/mol. The number of benzene rings is 3. The predicted octanol–water partition coefficient (Wildman–Crippen LogP) is 5.16. The summed E-state index contributed by atoms with van der Waals surface area (Å²) >= 11 is 0. The Morgan fingerprint density at radius 1 is 0.867 bits per heavy atom. The van der Waals surface area contributed by atoms with Crippen LogP contribution in [-0.2, 0) is 19.9 Å². The molecule has 0 saturated heterocycles. The Morgan fingerprint density at radius 3 is 1.83 bits per heavy atom. The molecule has 2 atom stereocenters. The molecule has 2 unspecified atom stereocenters. The van der Waals surface area contributed by atoms with E-state index in [0.29, 0.717) is 5.92 Å². The fraction of sp³-hybridized carbons (Fsp3) is 0.269. The standard InChI is InChI=1S/C26H26O4/c1-19-17-24(19)25(27)29-18-30-26(20-9-5-3-6-10-20,21-11-7-4-8-12-21)22-13-15-23(28-2)16-14-22/h3-16,19,24H,17-18H2,1-2H3. The Morgan fingerprint density at radius 2 is 1.37 bits per heavy atom. The van der Waals surface area contributed by atoms with Crippen LogP contribution in [0.2, 0.25) is 0 Å². The quantitative estimate of drug-likeness (QED) is 0.297. The van der Waals surface area contributed by atoms with Crippen molar-refractivity contribution in [2.75, 3.05) is 13.9 Å². The molecule has 0 amide bonds. The third kappa shape index (κ3) is 3.96. The van der Waals surface area contributed by atoms with Crippen LogP contribution in [0, 0.1) is 11.8 Å². The molecule has 3 aromatic carbocycles. The molecule has 0 radical (unpaired) electrons. The number of hydrogen-bond acceptors (Lipinski definition) is 4. The van der Waals surface area contributed by atoms with Crippen molar-refractivity contribution in [3.63, 3.8) is 0 Å². The van der Waals surface area contributed by atoms with Crippen molar-refractivity contribution in [1.29, 1.82) is 0 Å². The number of carbonyl (C=O) groups is 1. The van der Waals surface area contributed by atoms with Crippen molar-refractivity contribution in [2.24, 2.45) is 11.8 Å². The Hall–Kier alpha value is -3.11. The van der Waals surface area contributed by atoms with Gasteiger partial charge in [0.1, 0.15) is 11.4 Å². The average molecular weight is 402 g/mol. The minimum absolute atomic E-state index is 0.00237. The van der Waals surface area contributed by atoms with Crippen molar-refractivity contribution >= 4 is 5.97 Å². The molecule has 1 aliphatic rings. The summed E-state index contributed by atoms with van der Waals surface area (Å²) < 4.78 is 17.3. The fourth-order valence-corrected chi connectivity index (χ4v) is 3.85. The molecule has 0 N–H and O–H groups in total. The van der Waals surface area contributed by atoms with Gasteiger partial charge >= 0.3 is 5.97 Å². The molecule has 0 spiro atoms. The molecule has 0 aliphatic heterocycles. The van der Waals surface area contributed by atoms with E-state index in [1.165, 1.54) is 0 Å². The highest BCUT2D eigenvalue weighted by Crippen LogP contribution is 2.42. The summed E-state index contributed by atoms with van der Waals surface area (Å²) in [7, 11) is 1.64. The van der Waals surface area contributed by atoms with Crippen molar-refractivity contribution in [1.82, 2.24) is 0 Å². The normalized spacial score (nSPS) is 17.9. The van der Waals surface area contributed by atoms with Gasteiger partial charge in [-0.3, -0.25) is 4.79 Å². The van der Waals surface area contributed by atoms with Gasteiger partial charge in [-0.2, -0.15) is 0 Å². The van der Waals surface area contributed by atoms with E-state index in [1.54, 1.807) is 7.11 Å². The Balaban J connectivity index is 1.75. The van der Waals surface area contributed by atoms with Crippen molar-refractivity contribution < 1.29 is 19.0 Å². The van der Waals surface area contributed by atoms with Crippen LogP contribution in [-0.4, -0.2) is 19.9 Å². The number of ether oxygens (including phenoxy) is 3. The first kappa shape index (κ1) is 20.2. The van der Waals surface area contributed by atoms with Crippen molar-refractivity contribution in [2.45, 2.75) is 18.9 Å². The first-order valence-electron chi connectivity index (χ1n) is 10.2. The first-order valence-corrected chi connectivity index (χ1v) is 10.2. The molecule has 154 valence electrons. The van der Waals surface area contributed by atoms with Crippen LogP contribution in [0.4, 0.5) is 0 Å². The molecule has 1 aliphatic carbocycles. The summed E-state index contributed by atoms with van der Waals surface area (Å²) in [6, 6.07) is 27.8. The lowest BCUT2D eigenvalue weighted by Crippen LogP contribution is -2.34. The van der Waals surface area contributed by atoms with Crippen LogP contribution in [0.15, 0.2) is 84.9 Å². The number of hydrogen-bond donors (Lipinski definition) is 0. The summed E-state index contributed by atoms with van der Waals surface area (Å²) in [6.07, 6.45) is 0.889. The molecule has 1 fully saturated rings. The summed E-state index contributed by atoms with van der Waals surface area (Å²) in [5, 5.41) is 0. The van der Waals surface area contributed by atoms with Crippen LogP contribution < -0.4 is 4.74 Å². The SMILES string of the molecule is COc1ccc(C(OCOC(=O)C2CC2C)(c2ccccc2)c2ccccc2)cc1. The maximum atomic E-state index is 12.3. The third-order valence-electron chi connectivity index (χ3n) is 5.75. The summed E-state index contributed by atoms with van der Waals surface area (Å²) in [6.45, 7) is 1.93. The molecule has 30 heavy (non-hydrogen) atoms. The largest absolute Gasteiger partial charge is 0.497 e. The summed E-state index contributed by atoms with van der Waals surface area (Å²) in [5.41, 5.74) is 1.91. The van der Waals surface area contributed by atoms with Gasteiger partial charge < -0.3 is 14.2 Å². The van der Waals surface area contributed by atoms with Crippen LogP contribution in [0.1, 0.15) is 30.0 Å². The van der Waals surface area contributed by atoms with E-state index in [4.69, 9.17) is 14.2 Å². The zero-order chi connectivity index (χ0) is 21.0. The van der Waals surface area contributed by atoms with Gasteiger partial charge in [0, 0.05) is 0 Å². The molecule has 0 bridgehead atoms. The Kier molecular flexibility index (Phi) is 5.86. The monoisotopic (exact) mass is 402 g/mol. The van der Waals surface area contributed by atoms with E-state index in [-0.39, 0.29) is 18.7 Å². The maximum Gasteiger partial charge on any atom is 0.311 e. The minimum Gasteiger partial charge on any atom is -0.497 e. The van der Waals surface area contributed by atoms with Gasteiger partial charge in [-0.15, -0.1) is 0 Å². The molecular weight excluding hydrogens is 376 g/mol. The minimum atomic E-state index is -0.926. The smallest absolute Gasteiger partial charge is 0.311 e. The van der Waals surface area contributed by atoms with E-state index in [1.807, 2.05) is 84.9 Å². The van der Waals surface area contributed by atoms with Crippen LogP contribution in [0.3, 0.4) is 0 Å². The van der Waals surface area contributed by atoms with Gasteiger partial charge in [-0.05, 0) is 41.2 Å². The number of rotatable bonds is 8. The summed E-state index contributed by atoms with van der Waals surface area (Å²) in [5.74, 6) is 0.972. The third-order valence-corrected chi connectivity index (χ3v) is 5.75. The topological polar surface area (TPSA) is 44.8 Å². The molecule has 0 heterocycles. The molecule has 3 aromatic rings. The zero-order valence-corrected chi connectivity index (χ0v) is 17.3. The zero-order valence-electron chi connectivity index (χ0n) is 17.3. The average Bonchev–Trinajstić information content (AvgIpc) is 3.55. The lowest BCUT2D eigenvalue weighted by Gasteiger charge is -2.35. The molecule has 0 aromatic heterocycles. The van der Waals surface area contributed by atoms with Gasteiger partial charge in [0.25, 0.3) is 0 Å². The Bertz CT molecular complexity index is 927. The van der Waals surface area contributed by atoms with Crippen LogP contribution in [0.5, 0.6) is 5.75 Å². The molecule has 1 saturated carbocycles. The second kappa shape index (κ2) is 8.72. The fourth-order valence-electron chi connectivity index (χ4n) is 3.85. The van der Waals surface area contributed by atoms with E-state index in [2.05, 4.69) is 6.92 Å². The van der Waals surface area contributed by atoms with Gasteiger partial charge in [0.15, 0.2) is 6.79 Å². The van der Waals surface area contributed by atoms with Crippen molar-refractivity contribution in [3.8, 4) is 5.75 Å². The van der Waals surface area contributed by atoms with Gasteiger partial charge in [0.2, 0.25) is 0 Å². The maximum absolute atomic E-state index is 12.3. The highest BCUT2D eigenvalue weighted by molar-refractivity contribution is 5.75. The number of carbonyl (C=O) groups excluding carboxylic acids is 1. The van der Waals surface area contributed by atoms with Crippen molar-refractivity contribution in [3.05, 3.63) is 102 Å². The van der Waals surface area contributed by atoms with E-state index in [9.17, 15) is 4.79 Å². The van der Waals surface area contributed by atoms with E-state index >= 15 is 0 Å². The van der Waals surface area contributed by atoms with Gasteiger partial charge in [-0.1, -0.05) is 79.7 Å². The molecule has 4 nitrogen and oxygen atoms in total. The van der Waals surface area contributed by atoms with Gasteiger partial charge in [0.05, 0.1) is 13.0 Å². The summed E-state index contributed by atoms with van der Waals surface area (Å²) in [4.78, 5) is 12.3. The molecular formula is C26H26O4. The van der Waals surface area contributed by atoms with Crippen LogP contribution in [0.25, 0.3) is 0 Å². The lowest BCUT2D eigenvalue weighted by atomic mass is 9.80. The lowest BCUT2D eigenvalue weighted by molar-refractivity contribution is -0.167. The van der Waals surface area contributed by atoms with E-state index in [0.717, 1.165) is 28.9 Å². The first-order chi connectivity index (χ1) is 14.6. The second-order valence-corrected chi connectivity index (χ2v) is 7.69. The van der Waals surface area contributed by atoms with Gasteiger partial charge in [-0.25, -0.2) is 0 Å². The Labute approximate surface area is 177 Å². The van der Waals surface area contributed by atoms with E-state index < -0.39 is 5.60 Å². The molecule has 4 heteroatoms. The highest BCUT2D eigenvalue weighted by Gasteiger charge is 2.42.